The third-order valence-electron chi connectivity index (χ3n) is 6.85. The largest absolute Gasteiger partial charge is 0.454 e. The normalized spacial score (nSPS) is 10.9. The van der Waals surface area contributed by atoms with Gasteiger partial charge in [0.15, 0.2) is 11.6 Å². The van der Waals surface area contributed by atoms with Crippen molar-refractivity contribution in [3.05, 3.63) is 139 Å². The molecule has 0 aliphatic rings. The number of halogens is 2. The van der Waals surface area contributed by atoms with Crippen LogP contribution >= 0.6 is 0 Å². The number of para-hydroxylation sites is 2. The summed E-state index contributed by atoms with van der Waals surface area (Å²) in [5.41, 5.74) is 3.52. The van der Waals surface area contributed by atoms with Crippen LogP contribution in [0.25, 0.3) is 11.4 Å². The van der Waals surface area contributed by atoms with Crippen molar-refractivity contribution < 1.29 is 13.5 Å². The lowest BCUT2D eigenvalue weighted by molar-refractivity contribution is 0.438. The van der Waals surface area contributed by atoms with Gasteiger partial charge in [-0.05, 0) is 48.5 Å². The number of ether oxygens (including phenoxy) is 1. The second kappa shape index (κ2) is 11.5. The van der Waals surface area contributed by atoms with Gasteiger partial charge in [-0.25, -0.2) is 18.7 Å². The Balaban J connectivity index is 1.50. The SMILES string of the molecule is CN(c1cc(Oc2cc(-c3nccn3C)c(F)cc2F)cc(N(c2ccccc2)c2ccccc2)c1)c1ccccn1. The molecule has 4 aromatic carbocycles. The van der Waals surface area contributed by atoms with Crippen molar-refractivity contribution in [3.63, 3.8) is 0 Å². The summed E-state index contributed by atoms with van der Waals surface area (Å²) in [6, 6.07) is 33.3. The van der Waals surface area contributed by atoms with Crippen molar-refractivity contribution >= 4 is 28.6 Å². The Morgan fingerprint density at radius 2 is 1.33 bits per heavy atom. The van der Waals surface area contributed by atoms with E-state index in [2.05, 4.69) is 14.9 Å². The van der Waals surface area contributed by atoms with Crippen LogP contribution in [0.4, 0.5) is 37.3 Å². The predicted octanol–water partition coefficient (Wildman–Crippen LogP) is 8.79. The number of hydrogen-bond acceptors (Lipinski definition) is 5. The first-order valence-corrected chi connectivity index (χ1v) is 13.3. The van der Waals surface area contributed by atoms with Gasteiger partial charge in [-0.2, -0.15) is 0 Å². The first-order valence-electron chi connectivity index (χ1n) is 13.3. The summed E-state index contributed by atoms with van der Waals surface area (Å²) < 4.78 is 37.8. The summed E-state index contributed by atoms with van der Waals surface area (Å²) in [7, 11) is 3.65. The molecule has 0 aliphatic carbocycles. The number of benzene rings is 4. The molecule has 0 bridgehead atoms. The van der Waals surface area contributed by atoms with Crippen LogP contribution < -0.4 is 14.5 Å². The minimum atomic E-state index is -0.821. The second-order valence-electron chi connectivity index (χ2n) is 9.66. The summed E-state index contributed by atoms with van der Waals surface area (Å²) in [6.45, 7) is 0. The molecule has 42 heavy (non-hydrogen) atoms. The van der Waals surface area contributed by atoms with Crippen LogP contribution in [0.15, 0.2) is 128 Å². The highest BCUT2D eigenvalue weighted by molar-refractivity contribution is 5.80. The average Bonchev–Trinajstić information content (AvgIpc) is 3.45. The second-order valence-corrected chi connectivity index (χ2v) is 9.66. The minimum absolute atomic E-state index is 0.121. The molecule has 6 nitrogen and oxygen atoms in total. The standard InChI is InChI=1S/C34H27F2N5O/c1-39-18-17-38-34(39)29-22-32(31(36)23-30(29)35)42-28-20-26(40(2)33-15-9-10-16-37-33)19-27(21-28)41(24-11-5-3-6-12-24)25-13-7-4-8-14-25/h3-23H,1-2H3. The number of aromatic nitrogens is 3. The van der Waals surface area contributed by atoms with E-state index in [4.69, 9.17) is 4.74 Å². The zero-order chi connectivity index (χ0) is 29.1. The molecule has 2 aromatic heterocycles. The molecule has 0 saturated carbocycles. The van der Waals surface area contributed by atoms with Crippen LogP contribution in [0.5, 0.6) is 11.5 Å². The maximum Gasteiger partial charge on any atom is 0.168 e. The van der Waals surface area contributed by atoms with Crippen molar-refractivity contribution in [1.82, 2.24) is 14.5 Å². The molecular formula is C34H27F2N5O. The number of rotatable bonds is 8. The van der Waals surface area contributed by atoms with E-state index in [-0.39, 0.29) is 11.3 Å². The Morgan fingerprint density at radius 3 is 1.95 bits per heavy atom. The lowest BCUT2D eigenvalue weighted by atomic mass is 10.1. The van der Waals surface area contributed by atoms with E-state index in [0.29, 0.717) is 11.6 Å². The molecule has 0 unspecified atom stereocenters. The van der Waals surface area contributed by atoms with E-state index in [1.54, 1.807) is 36.3 Å². The molecule has 0 aliphatic heterocycles. The molecular weight excluding hydrogens is 532 g/mol. The van der Waals surface area contributed by atoms with Gasteiger partial charge in [0.2, 0.25) is 0 Å². The monoisotopic (exact) mass is 559 g/mol. The van der Waals surface area contributed by atoms with E-state index in [0.717, 1.165) is 34.6 Å². The quantitative estimate of drug-likeness (QED) is 0.187. The van der Waals surface area contributed by atoms with Gasteiger partial charge in [0, 0.05) is 67.9 Å². The van der Waals surface area contributed by atoms with Gasteiger partial charge >= 0.3 is 0 Å². The average molecular weight is 560 g/mol. The Labute approximate surface area is 242 Å². The number of imidazole rings is 1. The fraction of sp³-hybridized carbons (Fsp3) is 0.0588. The van der Waals surface area contributed by atoms with Crippen LogP contribution in [0.2, 0.25) is 0 Å². The zero-order valence-corrected chi connectivity index (χ0v) is 23.0. The van der Waals surface area contributed by atoms with Crippen LogP contribution in [-0.2, 0) is 7.05 Å². The van der Waals surface area contributed by atoms with Crippen LogP contribution in [0, 0.1) is 11.6 Å². The van der Waals surface area contributed by atoms with Crippen molar-refractivity contribution in [2.45, 2.75) is 0 Å². The van der Waals surface area contributed by atoms with Gasteiger partial charge in [0.25, 0.3) is 0 Å². The predicted molar refractivity (Wildman–Crippen MR) is 162 cm³/mol. The summed E-state index contributed by atoms with van der Waals surface area (Å²) >= 11 is 0. The van der Waals surface area contributed by atoms with Crippen molar-refractivity contribution in [3.8, 4) is 22.9 Å². The lowest BCUT2D eigenvalue weighted by Gasteiger charge is -2.28. The first kappa shape index (κ1) is 26.7. The summed E-state index contributed by atoms with van der Waals surface area (Å²) in [5, 5.41) is 0. The van der Waals surface area contributed by atoms with Crippen molar-refractivity contribution in [2.75, 3.05) is 16.8 Å². The maximum absolute atomic E-state index is 15.1. The van der Waals surface area contributed by atoms with Crippen molar-refractivity contribution in [1.29, 1.82) is 0 Å². The molecule has 6 aromatic rings. The Bertz CT molecular complexity index is 1770. The molecule has 0 amide bonds. The highest BCUT2D eigenvalue weighted by Gasteiger charge is 2.20. The number of aryl methyl sites for hydroxylation is 1. The van der Waals surface area contributed by atoms with Crippen LogP contribution in [-0.4, -0.2) is 21.6 Å². The highest BCUT2D eigenvalue weighted by Crippen LogP contribution is 2.41. The molecule has 2 heterocycles. The fourth-order valence-corrected chi connectivity index (χ4v) is 4.77. The number of anilines is 5. The third-order valence-corrected chi connectivity index (χ3v) is 6.85. The van der Waals surface area contributed by atoms with E-state index >= 15 is 4.39 Å². The highest BCUT2D eigenvalue weighted by atomic mass is 19.1. The van der Waals surface area contributed by atoms with E-state index in [1.807, 2.05) is 103 Å². The minimum Gasteiger partial charge on any atom is -0.454 e. The van der Waals surface area contributed by atoms with E-state index < -0.39 is 11.6 Å². The maximum atomic E-state index is 15.1. The molecule has 6 rings (SSSR count). The molecule has 0 saturated heterocycles. The van der Waals surface area contributed by atoms with Crippen LogP contribution in [0.3, 0.4) is 0 Å². The van der Waals surface area contributed by atoms with E-state index in [9.17, 15) is 4.39 Å². The third kappa shape index (κ3) is 5.42. The molecule has 0 fully saturated rings. The smallest absolute Gasteiger partial charge is 0.168 e. The fourth-order valence-electron chi connectivity index (χ4n) is 4.77. The summed E-state index contributed by atoms with van der Waals surface area (Å²) in [6.07, 6.45) is 4.98. The van der Waals surface area contributed by atoms with Gasteiger partial charge in [-0.1, -0.05) is 42.5 Å². The number of pyridine rings is 1. The van der Waals surface area contributed by atoms with Gasteiger partial charge < -0.3 is 19.1 Å². The Kier molecular flexibility index (Phi) is 7.34. The summed E-state index contributed by atoms with van der Waals surface area (Å²) in [4.78, 5) is 12.7. The van der Waals surface area contributed by atoms with Gasteiger partial charge in [-0.15, -0.1) is 0 Å². The molecule has 0 N–H and O–H groups in total. The molecule has 0 radical (unpaired) electrons. The number of hydrogen-bond donors (Lipinski definition) is 0. The molecule has 208 valence electrons. The Hall–Kier alpha value is -5.50. The number of nitrogens with zero attached hydrogens (tertiary/aromatic N) is 5. The lowest BCUT2D eigenvalue weighted by Crippen LogP contribution is -2.14. The summed E-state index contributed by atoms with van der Waals surface area (Å²) in [5.74, 6) is -0.226. The topological polar surface area (TPSA) is 46.4 Å². The Morgan fingerprint density at radius 1 is 0.667 bits per heavy atom. The van der Waals surface area contributed by atoms with Gasteiger partial charge in [0.1, 0.15) is 23.2 Å². The van der Waals surface area contributed by atoms with Gasteiger partial charge in [-0.3, -0.25) is 0 Å². The van der Waals surface area contributed by atoms with Crippen LogP contribution in [0.1, 0.15) is 0 Å². The molecule has 0 spiro atoms. The molecule has 0 atom stereocenters. The zero-order valence-electron chi connectivity index (χ0n) is 23.0. The first-order chi connectivity index (χ1) is 20.5. The molecule has 8 heteroatoms. The van der Waals surface area contributed by atoms with Crippen molar-refractivity contribution in [2.24, 2.45) is 7.05 Å². The van der Waals surface area contributed by atoms with E-state index in [1.165, 1.54) is 6.07 Å². The van der Waals surface area contributed by atoms with Gasteiger partial charge in [0.05, 0.1) is 11.3 Å².